The van der Waals surface area contributed by atoms with Crippen molar-refractivity contribution in [2.24, 2.45) is 5.92 Å². The summed E-state index contributed by atoms with van der Waals surface area (Å²) in [6, 6.07) is 0. The summed E-state index contributed by atoms with van der Waals surface area (Å²) in [4.78, 5) is 8.23. The van der Waals surface area contributed by atoms with Gasteiger partial charge >= 0.3 is 0 Å². The minimum Gasteiger partial charge on any atom is -0.476 e. The Morgan fingerprint density at radius 1 is 1.26 bits per heavy atom. The molecular formula is C14H26N4O. The van der Waals surface area contributed by atoms with Crippen molar-refractivity contribution < 1.29 is 4.74 Å². The summed E-state index contributed by atoms with van der Waals surface area (Å²) in [5.74, 6) is 1.59. The number of aromatic nitrogens is 2. The number of nitrogens with zero attached hydrogens (tertiary/aromatic N) is 2. The van der Waals surface area contributed by atoms with Crippen molar-refractivity contribution in [2.75, 3.05) is 24.2 Å². The number of nitrogen functional groups attached to an aromatic ring is 1. The number of unbranched alkanes of at least 4 members (excludes halogenated alkanes) is 3. The Kier molecular flexibility index (Phi) is 7.00. The summed E-state index contributed by atoms with van der Waals surface area (Å²) in [5, 5.41) is 3.24. The highest BCUT2D eigenvalue weighted by Gasteiger charge is 2.09. The summed E-state index contributed by atoms with van der Waals surface area (Å²) < 4.78 is 5.57. The molecular weight excluding hydrogens is 240 g/mol. The van der Waals surface area contributed by atoms with E-state index in [0.717, 1.165) is 13.0 Å². The molecule has 0 aliphatic rings. The fraction of sp³-hybridized carbons (Fsp3) is 0.714. The number of nitrogens with two attached hydrogens (primary N) is 1. The highest BCUT2D eigenvalue weighted by atomic mass is 16.5. The molecule has 5 nitrogen and oxygen atoms in total. The third-order valence-electron chi connectivity index (χ3n) is 2.72. The zero-order valence-electron chi connectivity index (χ0n) is 12.3. The second-order valence-electron chi connectivity index (χ2n) is 5.13. The molecule has 0 aliphatic heterocycles. The van der Waals surface area contributed by atoms with E-state index >= 15 is 0 Å². The van der Waals surface area contributed by atoms with Gasteiger partial charge < -0.3 is 15.8 Å². The van der Waals surface area contributed by atoms with Crippen LogP contribution in [0.3, 0.4) is 0 Å². The molecule has 0 saturated carbocycles. The van der Waals surface area contributed by atoms with Gasteiger partial charge in [-0.1, -0.05) is 40.0 Å². The fourth-order valence-corrected chi connectivity index (χ4v) is 1.64. The van der Waals surface area contributed by atoms with Crippen LogP contribution >= 0.6 is 0 Å². The van der Waals surface area contributed by atoms with E-state index in [0.29, 0.717) is 29.9 Å². The maximum Gasteiger partial charge on any atom is 0.242 e. The molecule has 1 rings (SSSR count). The van der Waals surface area contributed by atoms with Crippen LogP contribution in [0.4, 0.5) is 11.5 Å². The van der Waals surface area contributed by atoms with Gasteiger partial charge in [-0.05, 0) is 12.3 Å². The molecule has 1 aromatic heterocycles. The van der Waals surface area contributed by atoms with Crippen LogP contribution < -0.4 is 15.8 Å². The van der Waals surface area contributed by atoms with E-state index in [9.17, 15) is 0 Å². The maximum atomic E-state index is 6.00. The standard InChI is InChI=1S/C14H26N4O/c1-4-5-6-7-8-16-13-12(15)14(18-10-17-13)19-9-11(2)3/h10-11H,4-9,15H2,1-3H3,(H,16,17,18). The second-order valence-corrected chi connectivity index (χ2v) is 5.13. The molecule has 0 atom stereocenters. The van der Waals surface area contributed by atoms with Gasteiger partial charge in [0.2, 0.25) is 5.88 Å². The maximum absolute atomic E-state index is 6.00. The Morgan fingerprint density at radius 2 is 2.05 bits per heavy atom. The third-order valence-corrected chi connectivity index (χ3v) is 2.72. The molecule has 0 saturated heterocycles. The summed E-state index contributed by atoms with van der Waals surface area (Å²) in [6.45, 7) is 7.87. The Balaban J connectivity index is 2.47. The number of hydrogen-bond acceptors (Lipinski definition) is 5. The van der Waals surface area contributed by atoms with Gasteiger partial charge in [-0.2, -0.15) is 4.98 Å². The van der Waals surface area contributed by atoms with Gasteiger partial charge in [0.05, 0.1) is 6.61 Å². The van der Waals surface area contributed by atoms with E-state index in [1.165, 1.54) is 25.6 Å². The largest absolute Gasteiger partial charge is 0.476 e. The van der Waals surface area contributed by atoms with E-state index in [-0.39, 0.29) is 0 Å². The van der Waals surface area contributed by atoms with E-state index in [4.69, 9.17) is 10.5 Å². The lowest BCUT2D eigenvalue weighted by Gasteiger charge is -2.12. The lowest BCUT2D eigenvalue weighted by atomic mass is 10.2. The molecule has 0 aliphatic carbocycles. The molecule has 0 radical (unpaired) electrons. The van der Waals surface area contributed by atoms with Crippen molar-refractivity contribution in [1.29, 1.82) is 0 Å². The Bertz CT molecular complexity index is 368. The average molecular weight is 266 g/mol. The third kappa shape index (κ3) is 5.77. The molecule has 108 valence electrons. The molecule has 0 bridgehead atoms. The van der Waals surface area contributed by atoms with Crippen LogP contribution in [0, 0.1) is 5.92 Å². The number of hydrogen-bond donors (Lipinski definition) is 2. The van der Waals surface area contributed by atoms with Crippen molar-refractivity contribution in [2.45, 2.75) is 46.5 Å². The number of rotatable bonds is 9. The first-order chi connectivity index (χ1) is 9.15. The van der Waals surface area contributed by atoms with Crippen LogP contribution in [0.5, 0.6) is 5.88 Å². The van der Waals surface area contributed by atoms with E-state index in [1.54, 1.807) is 0 Å². The highest BCUT2D eigenvalue weighted by Crippen LogP contribution is 2.24. The first kappa shape index (κ1) is 15.5. The molecule has 0 spiro atoms. The summed E-state index contributed by atoms with van der Waals surface area (Å²) >= 11 is 0. The van der Waals surface area contributed by atoms with E-state index < -0.39 is 0 Å². The summed E-state index contributed by atoms with van der Waals surface area (Å²) in [6.07, 6.45) is 6.34. The molecule has 19 heavy (non-hydrogen) atoms. The minimum absolute atomic E-state index is 0.444. The predicted molar refractivity (Wildman–Crippen MR) is 79.4 cm³/mol. The van der Waals surface area contributed by atoms with Gasteiger partial charge in [0.1, 0.15) is 12.0 Å². The molecule has 1 aromatic rings. The normalized spacial score (nSPS) is 10.7. The SMILES string of the molecule is CCCCCCNc1ncnc(OCC(C)C)c1N. The monoisotopic (exact) mass is 266 g/mol. The number of ether oxygens (including phenoxy) is 1. The van der Waals surface area contributed by atoms with Gasteiger partial charge in [0.15, 0.2) is 5.82 Å². The van der Waals surface area contributed by atoms with Gasteiger partial charge in [-0.25, -0.2) is 4.98 Å². The van der Waals surface area contributed by atoms with Gasteiger partial charge in [-0.3, -0.25) is 0 Å². The zero-order valence-corrected chi connectivity index (χ0v) is 12.3. The van der Waals surface area contributed by atoms with Crippen molar-refractivity contribution in [3.63, 3.8) is 0 Å². The lowest BCUT2D eigenvalue weighted by molar-refractivity contribution is 0.262. The predicted octanol–water partition coefficient (Wildman–Crippen LogP) is 3.09. The van der Waals surface area contributed by atoms with Crippen molar-refractivity contribution >= 4 is 11.5 Å². The summed E-state index contributed by atoms with van der Waals surface area (Å²) in [5.41, 5.74) is 6.50. The highest BCUT2D eigenvalue weighted by molar-refractivity contribution is 5.66. The summed E-state index contributed by atoms with van der Waals surface area (Å²) in [7, 11) is 0. The Labute approximate surface area is 116 Å². The number of nitrogens with one attached hydrogen (secondary N) is 1. The van der Waals surface area contributed by atoms with E-state index in [2.05, 4.69) is 36.1 Å². The molecule has 1 heterocycles. The van der Waals surface area contributed by atoms with Crippen LogP contribution in [0.2, 0.25) is 0 Å². The first-order valence-corrected chi connectivity index (χ1v) is 7.12. The first-order valence-electron chi connectivity index (χ1n) is 7.12. The zero-order chi connectivity index (χ0) is 14.1. The lowest BCUT2D eigenvalue weighted by Crippen LogP contribution is -2.11. The molecule has 0 fully saturated rings. The topological polar surface area (TPSA) is 73.1 Å². The van der Waals surface area contributed by atoms with Crippen LogP contribution in [0.15, 0.2) is 6.33 Å². The van der Waals surface area contributed by atoms with Crippen molar-refractivity contribution in [3.8, 4) is 5.88 Å². The second kappa shape index (κ2) is 8.56. The van der Waals surface area contributed by atoms with E-state index in [1.807, 2.05) is 0 Å². The van der Waals surface area contributed by atoms with Crippen molar-refractivity contribution in [1.82, 2.24) is 9.97 Å². The molecule has 0 unspecified atom stereocenters. The molecule has 0 amide bonds. The number of anilines is 2. The van der Waals surface area contributed by atoms with Crippen LogP contribution in [0.25, 0.3) is 0 Å². The quantitative estimate of drug-likeness (QED) is 0.672. The molecule has 0 aromatic carbocycles. The fourth-order valence-electron chi connectivity index (χ4n) is 1.64. The average Bonchev–Trinajstić information content (AvgIpc) is 2.38. The smallest absolute Gasteiger partial charge is 0.242 e. The van der Waals surface area contributed by atoms with Crippen molar-refractivity contribution in [3.05, 3.63) is 6.33 Å². The Hall–Kier alpha value is -1.52. The van der Waals surface area contributed by atoms with Crippen LogP contribution in [0.1, 0.15) is 46.5 Å². The van der Waals surface area contributed by atoms with Crippen LogP contribution in [-0.2, 0) is 0 Å². The van der Waals surface area contributed by atoms with Crippen LogP contribution in [-0.4, -0.2) is 23.1 Å². The van der Waals surface area contributed by atoms with Gasteiger partial charge in [0, 0.05) is 6.54 Å². The molecule has 3 N–H and O–H groups in total. The molecule has 5 heteroatoms. The van der Waals surface area contributed by atoms with Gasteiger partial charge in [-0.15, -0.1) is 0 Å². The Morgan fingerprint density at radius 3 is 2.74 bits per heavy atom. The van der Waals surface area contributed by atoms with Gasteiger partial charge in [0.25, 0.3) is 0 Å². The minimum atomic E-state index is 0.444.